The van der Waals surface area contributed by atoms with Crippen LogP contribution in [0.1, 0.15) is 19.8 Å². The van der Waals surface area contributed by atoms with Gasteiger partial charge in [-0.1, -0.05) is 5.10 Å². The molecule has 10 heteroatoms. The Morgan fingerprint density at radius 3 is 2.52 bits per heavy atom. The van der Waals surface area contributed by atoms with Crippen molar-refractivity contribution in [1.82, 2.24) is 14.5 Å². The molecular formula is C17H22N4O5S. The summed E-state index contributed by atoms with van der Waals surface area (Å²) >= 11 is 0. The standard InChI is InChI=1S/C17H22N4O5S/c1-3-25-14-6-4-13(5-7-14)16-19-20-17(26-16)18-15(22)12-8-10-21(11-9-12)27(2,23)24/h4-7,12H,3,8-11H2,1-2H3,(H,18,20,22). The number of amides is 1. The summed E-state index contributed by atoms with van der Waals surface area (Å²) in [4.78, 5) is 12.4. The molecule has 3 rings (SSSR count). The van der Waals surface area contributed by atoms with Crippen molar-refractivity contribution < 1.29 is 22.4 Å². The van der Waals surface area contributed by atoms with Gasteiger partial charge in [-0.2, -0.15) is 0 Å². The Morgan fingerprint density at radius 2 is 1.93 bits per heavy atom. The van der Waals surface area contributed by atoms with Crippen LogP contribution in [0.4, 0.5) is 6.01 Å². The van der Waals surface area contributed by atoms with Crippen molar-refractivity contribution in [3.63, 3.8) is 0 Å². The maximum atomic E-state index is 12.4. The zero-order valence-corrected chi connectivity index (χ0v) is 16.0. The smallest absolute Gasteiger partial charge is 0.322 e. The second-order valence-corrected chi connectivity index (χ2v) is 8.28. The van der Waals surface area contributed by atoms with Gasteiger partial charge >= 0.3 is 6.01 Å². The summed E-state index contributed by atoms with van der Waals surface area (Å²) in [5.74, 6) is 0.504. The lowest BCUT2D eigenvalue weighted by atomic mass is 9.97. The minimum atomic E-state index is -3.22. The van der Waals surface area contributed by atoms with E-state index in [1.165, 1.54) is 10.6 Å². The number of piperidine rings is 1. The first kappa shape index (κ1) is 19.3. The summed E-state index contributed by atoms with van der Waals surface area (Å²) in [5, 5.41) is 10.4. The highest BCUT2D eigenvalue weighted by Crippen LogP contribution is 2.24. The number of hydrogen-bond acceptors (Lipinski definition) is 7. The van der Waals surface area contributed by atoms with Gasteiger partial charge in [0.25, 0.3) is 0 Å². The van der Waals surface area contributed by atoms with Crippen molar-refractivity contribution in [2.24, 2.45) is 5.92 Å². The number of sulfonamides is 1. The average molecular weight is 394 g/mol. The van der Waals surface area contributed by atoms with E-state index >= 15 is 0 Å². The molecule has 1 aliphatic heterocycles. The predicted molar refractivity (Wildman–Crippen MR) is 98.7 cm³/mol. The molecule has 1 fully saturated rings. The third-order valence-electron chi connectivity index (χ3n) is 4.36. The zero-order valence-electron chi connectivity index (χ0n) is 15.2. The van der Waals surface area contributed by atoms with Crippen LogP contribution in [0, 0.1) is 5.92 Å². The third-order valence-corrected chi connectivity index (χ3v) is 5.66. The van der Waals surface area contributed by atoms with Gasteiger partial charge in [-0.15, -0.1) is 5.10 Å². The van der Waals surface area contributed by atoms with Crippen molar-refractivity contribution in [3.8, 4) is 17.2 Å². The lowest BCUT2D eigenvalue weighted by Gasteiger charge is -2.29. The van der Waals surface area contributed by atoms with Crippen LogP contribution in [-0.4, -0.2) is 54.8 Å². The Labute approximate surface area is 157 Å². The fourth-order valence-corrected chi connectivity index (χ4v) is 3.78. The van der Waals surface area contributed by atoms with Gasteiger partial charge in [-0.05, 0) is 44.0 Å². The molecular weight excluding hydrogens is 372 g/mol. The van der Waals surface area contributed by atoms with E-state index in [1.54, 1.807) is 24.3 Å². The number of aromatic nitrogens is 2. The van der Waals surface area contributed by atoms with E-state index in [0.29, 0.717) is 44.0 Å². The van der Waals surface area contributed by atoms with Gasteiger partial charge in [0.05, 0.1) is 12.9 Å². The Morgan fingerprint density at radius 1 is 1.26 bits per heavy atom. The molecule has 1 aromatic heterocycles. The molecule has 27 heavy (non-hydrogen) atoms. The minimum Gasteiger partial charge on any atom is -0.494 e. The molecule has 2 heterocycles. The highest BCUT2D eigenvalue weighted by Gasteiger charge is 2.29. The second kappa shape index (κ2) is 8.05. The first-order valence-electron chi connectivity index (χ1n) is 8.69. The van der Waals surface area contributed by atoms with Gasteiger partial charge in [-0.25, -0.2) is 12.7 Å². The third kappa shape index (κ3) is 4.83. The summed E-state index contributed by atoms with van der Waals surface area (Å²) in [5.41, 5.74) is 0.716. The number of carbonyl (C=O) groups is 1. The summed E-state index contributed by atoms with van der Waals surface area (Å²) in [7, 11) is -3.22. The molecule has 146 valence electrons. The van der Waals surface area contributed by atoms with Crippen molar-refractivity contribution in [3.05, 3.63) is 24.3 Å². The molecule has 0 bridgehead atoms. The van der Waals surface area contributed by atoms with Crippen molar-refractivity contribution >= 4 is 21.9 Å². The number of carbonyl (C=O) groups excluding carboxylic acids is 1. The molecule has 1 amide bonds. The zero-order chi connectivity index (χ0) is 19.4. The van der Waals surface area contributed by atoms with E-state index in [9.17, 15) is 13.2 Å². The fourth-order valence-electron chi connectivity index (χ4n) is 2.91. The summed E-state index contributed by atoms with van der Waals surface area (Å²) in [6.45, 7) is 3.15. The fraction of sp³-hybridized carbons (Fsp3) is 0.471. The molecule has 0 unspecified atom stereocenters. The first-order chi connectivity index (χ1) is 12.9. The van der Waals surface area contributed by atoms with E-state index < -0.39 is 10.0 Å². The number of anilines is 1. The molecule has 0 aliphatic carbocycles. The molecule has 1 N–H and O–H groups in total. The van der Waals surface area contributed by atoms with E-state index in [4.69, 9.17) is 9.15 Å². The van der Waals surface area contributed by atoms with Crippen LogP contribution in [0.15, 0.2) is 28.7 Å². The van der Waals surface area contributed by atoms with Gasteiger partial charge in [0.1, 0.15) is 5.75 Å². The van der Waals surface area contributed by atoms with Crippen molar-refractivity contribution in [2.45, 2.75) is 19.8 Å². The number of rotatable bonds is 6. The molecule has 1 aromatic carbocycles. The summed E-state index contributed by atoms with van der Waals surface area (Å²) < 4.78 is 35.3. The average Bonchev–Trinajstić information content (AvgIpc) is 3.10. The van der Waals surface area contributed by atoms with Gasteiger partial charge in [0.2, 0.25) is 21.8 Å². The number of nitrogens with zero attached hydrogens (tertiary/aromatic N) is 3. The predicted octanol–water partition coefficient (Wildman–Crippen LogP) is 1.75. The van der Waals surface area contributed by atoms with Crippen LogP contribution >= 0.6 is 0 Å². The van der Waals surface area contributed by atoms with Gasteiger partial charge in [-0.3, -0.25) is 10.1 Å². The highest BCUT2D eigenvalue weighted by atomic mass is 32.2. The topological polar surface area (TPSA) is 115 Å². The van der Waals surface area contributed by atoms with Gasteiger partial charge in [0, 0.05) is 24.6 Å². The van der Waals surface area contributed by atoms with Crippen LogP contribution in [0.5, 0.6) is 5.75 Å². The highest BCUT2D eigenvalue weighted by molar-refractivity contribution is 7.88. The largest absolute Gasteiger partial charge is 0.494 e. The van der Waals surface area contributed by atoms with Crippen LogP contribution < -0.4 is 10.1 Å². The first-order valence-corrected chi connectivity index (χ1v) is 10.5. The van der Waals surface area contributed by atoms with Crippen LogP contribution in [-0.2, 0) is 14.8 Å². The molecule has 1 saturated heterocycles. The Kier molecular flexibility index (Phi) is 5.76. The number of hydrogen-bond donors (Lipinski definition) is 1. The quantitative estimate of drug-likeness (QED) is 0.793. The molecule has 0 saturated carbocycles. The number of benzene rings is 1. The summed E-state index contributed by atoms with van der Waals surface area (Å²) in [6, 6.07) is 7.22. The van der Waals surface area contributed by atoms with Crippen LogP contribution in [0.3, 0.4) is 0 Å². The van der Waals surface area contributed by atoms with Crippen LogP contribution in [0.25, 0.3) is 11.5 Å². The normalized spacial score (nSPS) is 16.2. The van der Waals surface area contributed by atoms with Crippen molar-refractivity contribution in [1.29, 1.82) is 0 Å². The molecule has 1 aliphatic rings. The van der Waals surface area contributed by atoms with E-state index in [2.05, 4.69) is 15.5 Å². The number of ether oxygens (including phenoxy) is 1. The maximum absolute atomic E-state index is 12.4. The summed E-state index contributed by atoms with van der Waals surface area (Å²) in [6.07, 6.45) is 2.09. The minimum absolute atomic E-state index is 0.0226. The van der Waals surface area contributed by atoms with Crippen molar-refractivity contribution in [2.75, 3.05) is 31.3 Å². The SMILES string of the molecule is CCOc1ccc(-c2nnc(NC(=O)C3CCN(S(C)(=O)=O)CC3)o2)cc1. The monoisotopic (exact) mass is 394 g/mol. The second-order valence-electron chi connectivity index (χ2n) is 6.30. The van der Waals surface area contributed by atoms with E-state index in [0.717, 1.165) is 5.75 Å². The molecule has 2 aromatic rings. The van der Waals surface area contributed by atoms with E-state index in [1.807, 2.05) is 6.92 Å². The van der Waals surface area contributed by atoms with Gasteiger partial charge in [0.15, 0.2) is 0 Å². The lowest BCUT2D eigenvalue weighted by Crippen LogP contribution is -2.40. The van der Waals surface area contributed by atoms with Gasteiger partial charge < -0.3 is 9.15 Å². The Balaban J connectivity index is 1.58. The van der Waals surface area contributed by atoms with Crippen LogP contribution in [0.2, 0.25) is 0 Å². The Bertz CT molecular complexity index is 886. The maximum Gasteiger partial charge on any atom is 0.322 e. The molecule has 0 spiro atoms. The number of nitrogens with one attached hydrogen (secondary N) is 1. The molecule has 9 nitrogen and oxygen atoms in total. The lowest BCUT2D eigenvalue weighted by molar-refractivity contribution is -0.121. The van der Waals surface area contributed by atoms with E-state index in [-0.39, 0.29) is 17.8 Å². The Hall–Kier alpha value is -2.46. The molecule has 0 radical (unpaired) electrons. The molecule has 0 atom stereocenters.